The molecule has 3 amide bonds. The van der Waals surface area contributed by atoms with E-state index in [0.717, 1.165) is 5.56 Å². The number of amides is 3. The first-order valence-corrected chi connectivity index (χ1v) is 16.1. The molecule has 3 aliphatic rings. The van der Waals surface area contributed by atoms with Crippen molar-refractivity contribution in [2.24, 2.45) is 11.8 Å². The lowest BCUT2D eigenvalue weighted by atomic mass is 9.70. The van der Waals surface area contributed by atoms with Crippen molar-refractivity contribution >= 4 is 23.7 Å². The summed E-state index contributed by atoms with van der Waals surface area (Å²) in [6.07, 6.45) is 5.73. The van der Waals surface area contributed by atoms with Gasteiger partial charge in [-0.3, -0.25) is 19.2 Å². The van der Waals surface area contributed by atoms with Gasteiger partial charge < -0.3 is 29.7 Å². The number of aliphatic hydroxyl groups is 1. The third-order valence-electron chi connectivity index (χ3n) is 9.24. The maximum atomic E-state index is 14.4. The van der Waals surface area contributed by atoms with E-state index in [1.807, 2.05) is 51.1 Å². The van der Waals surface area contributed by atoms with Crippen LogP contribution < -0.4 is 5.32 Å². The normalized spacial score (nSPS) is 25.9. The van der Waals surface area contributed by atoms with E-state index in [4.69, 9.17) is 9.47 Å². The molecule has 3 saturated heterocycles. The van der Waals surface area contributed by atoms with Crippen molar-refractivity contribution in [3.8, 4) is 0 Å². The first kappa shape index (κ1) is 34.4. The summed E-state index contributed by atoms with van der Waals surface area (Å²) in [6.45, 7) is 14.1. The number of unbranched alkanes of at least 4 members (excludes halogenated alkanes) is 2. The molecule has 0 saturated carbocycles. The zero-order valence-corrected chi connectivity index (χ0v) is 26.9. The fraction of sp³-hybridized carbons (Fsp3) is 0.600. The monoisotopic (exact) mass is 623 g/mol. The van der Waals surface area contributed by atoms with Gasteiger partial charge in [-0.05, 0) is 64.9 Å². The summed E-state index contributed by atoms with van der Waals surface area (Å²) in [7, 11) is 0. The summed E-state index contributed by atoms with van der Waals surface area (Å²) in [5.74, 6) is -2.99. The van der Waals surface area contributed by atoms with Crippen molar-refractivity contribution < 1.29 is 33.8 Å². The second-order valence-electron chi connectivity index (χ2n) is 13.2. The number of nitrogens with zero attached hydrogens (tertiary/aromatic N) is 2. The van der Waals surface area contributed by atoms with Crippen LogP contribution in [0.3, 0.4) is 0 Å². The fourth-order valence-corrected chi connectivity index (χ4v) is 7.12. The van der Waals surface area contributed by atoms with E-state index < -0.39 is 47.2 Å². The Labute approximate surface area is 266 Å². The van der Waals surface area contributed by atoms with Crippen LogP contribution in [0.2, 0.25) is 0 Å². The molecule has 3 heterocycles. The number of likely N-dealkylation sites (tertiary alicyclic amines) is 1. The molecule has 0 aliphatic carbocycles. The molecule has 45 heavy (non-hydrogen) atoms. The average molecular weight is 624 g/mol. The van der Waals surface area contributed by atoms with Gasteiger partial charge in [0.1, 0.15) is 17.7 Å². The van der Waals surface area contributed by atoms with E-state index in [2.05, 4.69) is 18.5 Å². The molecule has 4 rings (SSSR count). The van der Waals surface area contributed by atoms with Gasteiger partial charge in [-0.2, -0.15) is 0 Å². The molecule has 10 heteroatoms. The quantitative estimate of drug-likeness (QED) is 0.163. The maximum absolute atomic E-state index is 14.4. The summed E-state index contributed by atoms with van der Waals surface area (Å²) in [6, 6.07) is 8.30. The largest absolute Gasteiger partial charge is 0.455 e. The van der Waals surface area contributed by atoms with E-state index in [-0.39, 0.29) is 37.3 Å². The minimum absolute atomic E-state index is 0.0516. The smallest absolute Gasteiger partial charge is 0.313 e. The van der Waals surface area contributed by atoms with Crippen LogP contribution in [-0.4, -0.2) is 88.1 Å². The number of allylic oxidation sites excluding steroid dienone is 1. The SMILES string of the molecule is C=CCCC(=O)NC[C@@H](OC(=O)[C@@H]1[C@H]2C(=O)N(CCCCCO)[C@H](C(=O)N(CC=C)C(C)(C)C)[C@]23CC[C@H]1O3)c1ccccc1. The maximum Gasteiger partial charge on any atom is 0.313 e. The van der Waals surface area contributed by atoms with Crippen LogP contribution in [0, 0.1) is 11.8 Å². The van der Waals surface area contributed by atoms with Gasteiger partial charge in [0.15, 0.2) is 0 Å². The number of nitrogens with one attached hydrogen (secondary N) is 1. The van der Waals surface area contributed by atoms with Gasteiger partial charge in [-0.15, -0.1) is 13.2 Å². The number of carbonyl (C=O) groups is 4. The van der Waals surface area contributed by atoms with Gasteiger partial charge in [-0.25, -0.2) is 0 Å². The Morgan fingerprint density at radius 3 is 2.56 bits per heavy atom. The number of carbonyl (C=O) groups excluding carboxylic acids is 4. The van der Waals surface area contributed by atoms with Gasteiger partial charge in [0, 0.05) is 31.7 Å². The van der Waals surface area contributed by atoms with Crippen LogP contribution in [-0.2, 0) is 28.7 Å². The van der Waals surface area contributed by atoms with Crippen molar-refractivity contribution in [2.75, 3.05) is 26.2 Å². The Bertz CT molecular complexity index is 1250. The highest BCUT2D eigenvalue weighted by Crippen LogP contribution is 2.59. The number of hydrogen-bond acceptors (Lipinski definition) is 7. The lowest BCUT2D eigenvalue weighted by Crippen LogP contribution is -2.59. The van der Waals surface area contributed by atoms with Gasteiger partial charge in [0.05, 0.1) is 24.5 Å². The molecule has 246 valence electrons. The summed E-state index contributed by atoms with van der Waals surface area (Å²) >= 11 is 0. The number of esters is 1. The number of hydrogen-bond donors (Lipinski definition) is 2. The zero-order chi connectivity index (χ0) is 32.8. The second-order valence-corrected chi connectivity index (χ2v) is 13.2. The van der Waals surface area contributed by atoms with Crippen LogP contribution in [0.15, 0.2) is 55.6 Å². The van der Waals surface area contributed by atoms with Gasteiger partial charge in [0.25, 0.3) is 0 Å². The van der Waals surface area contributed by atoms with Crippen LogP contribution in [0.1, 0.15) is 77.4 Å². The van der Waals surface area contributed by atoms with Gasteiger partial charge >= 0.3 is 5.97 Å². The van der Waals surface area contributed by atoms with Gasteiger partial charge in [0.2, 0.25) is 17.7 Å². The molecule has 2 bridgehead atoms. The molecule has 0 aromatic heterocycles. The van der Waals surface area contributed by atoms with Crippen molar-refractivity contribution in [2.45, 2.75) is 95.1 Å². The molecule has 3 fully saturated rings. The third-order valence-corrected chi connectivity index (χ3v) is 9.24. The van der Waals surface area contributed by atoms with Crippen LogP contribution in [0.5, 0.6) is 0 Å². The minimum atomic E-state index is -1.15. The highest BCUT2D eigenvalue weighted by molar-refractivity contribution is 5.98. The zero-order valence-electron chi connectivity index (χ0n) is 26.9. The van der Waals surface area contributed by atoms with Crippen LogP contribution in [0.4, 0.5) is 0 Å². The van der Waals surface area contributed by atoms with E-state index in [9.17, 15) is 24.3 Å². The highest BCUT2D eigenvalue weighted by Gasteiger charge is 2.75. The van der Waals surface area contributed by atoms with Crippen LogP contribution >= 0.6 is 0 Å². The van der Waals surface area contributed by atoms with E-state index in [0.29, 0.717) is 51.6 Å². The molecule has 2 N–H and O–H groups in total. The van der Waals surface area contributed by atoms with Crippen LogP contribution in [0.25, 0.3) is 0 Å². The number of fused-ring (bicyclic) bond motifs is 1. The molecular weight excluding hydrogens is 574 g/mol. The predicted octanol–water partition coefficient (Wildman–Crippen LogP) is 3.70. The molecular formula is C35H49N3O7. The number of aliphatic hydroxyl groups excluding tert-OH is 1. The molecule has 1 aromatic carbocycles. The first-order chi connectivity index (χ1) is 21.5. The Kier molecular flexibility index (Phi) is 11.3. The average Bonchev–Trinajstić information content (AvgIpc) is 3.66. The molecule has 6 atom stereocenters. The lowest BCUT2D eigenvalue weighted by molar-refractivity contribution is -0.160. The topological polar surface area (TPSA) is 125 Å². The van der Waals surface area contributed by atoms with Crippen molar-refractivity contribution in [3.63, 3.8) is 0 Å². The van der Waals surface area contributed by atoms with Gasteiger partial charge in [-0.1, -0.05) is 42.5 Å². The number of rotatable bonds is 16. The Morgan fingerprint density at radius 1 is 1.18 bits per heavy atom. The fourth-order valence-electron chi connectivity index (χ4n) is 7.12. The van der Waals surface area contributed by atoms with Crippen molar-refractivity contribution in [3.05, 3.63) is 61.2 Å². The molecule has 10 nitrogen and oxygen atoms in total. The summed E-state index contributed by atoms with van der Waals surface area (Å²) < 4.78 is 12.7. The Hall–Kier alpha value is -3.50. The standard InChI is InChI=1S/C35H49N3O7/c1-6-8-17-27(40)36-23-26(24-15-11-9-12-16-24)44-33(43)28-25-18-19-35(45-25)29(28)31(41)37(21-13-10-14-22-39)30(35)32(42)38(20-7-2)34(3,4)5/h6-7,9,11-12,15-16,25-26,28-30,39H,1-2,8,10,13-14,17-23H2,3-5H3,(H,36,40)/t25-,26-,28+,29+,30-,35+/m1/s1. The molecule has 1 spiro atoms. The second kappa shape index (κ2) is 14.7. The summed E-state index contributed by atoms with van der Waals surface area (Å²) in [4.78, 5) is 58.5. The number of ether oxygens (including phenoxy) is 2. The molecule has 1 aromatic rings. The van der Waals surface area contributed by atoms with E-state index >= 15 is 0 Å². The van der Waals surface area contributed by atoms with Crippen molar-refractivity contribution in [1.29, 1.82) is 0 Å². The molecule has 3 aliphatic heterocycles. The minimum Gasteiger partial charge on any atom is -0.455 e. The first-order valence-electron chi connectivity index (χ1n) is 16.1. The summed E-state index contributed by atoms with van der Waals surface area (Å²) in [5, 5.41) is 12.1. The predicted molar refractivity (Wildman–Crippen MR) is 170 cm³/mol. The van der Waals surface area contributed by atoms with Crippen molar-refractivity contribution in [1.82, 2.24) is 15.1 Å². The third kappa shape index (κ3) is 7.17. The summed E-state index contributed by atoms with van der Waals surface area (Å²) in [5.41, 5.74) is -0.972. The lowest BCUT2D eigenvalue weighted by Gasteiger charge is -2.42. The Morgan fingerprint density at radius 2 is 1.91 bits per heavy atom. The Balaban J connectivity index is 1.63. The molecule has 0 radical (unpaired) electrons. The van der Waals surface area contributed by atoms with E-state index in [1.165, 1.54) is 0 Å². The number of benzene rings is 1. The highest BCUT2D eigenvalue weighted by atomic mass is 16.6. The molecule has 0 unspecified atom stereocenters. The van der Waals surface area contributed by atoms with E-state index in [1.54, 1.807) is 22.0 Å².